The average molecular weight is 357 g/mol. The van der Waals surface area contributed by atoms with Crippen LogP contribution in [0.15, 0.2) is 47.8 Å². The lowest BCUT2D eigenvalue weighted by atomic mass is 9.75. The molecule has 2 heterocycles. The van der Waals surface area contributed by atoms with E-state index >= 15 is 0 Å². The van der Waals surface area contributed by atoms with E-state index in [2.05, 4.69) is 13.5 Å². The summed E-state index contributed by atoms with van der Waals surface area (Å²) in [7, 11) is 0. The summed E-state index contributed by atoms with van der Waals surface area (Å²) < 4.78 is 1.95. The molecule has 1 N–H and O–H groups in total. The normalized spacial score (nSPS) is 19.4. The van der Waals surface area contributed by atoms with E-state index in [0.29, 0.717) is 5.56 Å². The Labute approximate surface area is 153 Å². The molecule has 0 saturated carbocycles. The van der Waals surface area contributed by atoms with Crippen LogP contribution in [0.3, 0.4) is 0 Å². The van der Waals surface area contributed by atoms with Gasteiger partial charge in [0.15, 0.2) is 12.1 Å². The molecule has 1 aromatic carbocycles. The van der Waals surface area contributed by atoms with E-state index in [9.17, 15) is 9.90 Å². The van der Waals surface area contributed by atoms with Crippen molar-refractivity contribution in [3.05, 3.63) is 57.5 Å². The van der Waals surface area contributed by atoms with E-state index in [1.54, 1.807) is 0 Å². The maximum atomic E-state index is 12.9. The van der Waals surface area contributed by atoms with Gasteiger partial charge in [0.05, 0.1) is 5.41 Å². The minimum atomic E-state index is -0.0432. The summed E-state index contributed by atoms with van der Waals surface area (Å²) in [5.41, 5.74) is 1.22. The zero-order chi connectivity index (χ0) is 17.9. The Kier molecular flexibility index (Phi) is 5.38. The highest BCUT2D eigenvalue weighted by molar-refractivity contribution is 7.09. The molecule has 0 amide bonds. The molecule has 0 saturated heterocycles. The molecular weight excluding hydrogens is 330 g/mol. The first-order valence-electron chi connectivity index (χ1n) is 9.09. The molecule has 0 fully saturated rings. The van der Waals surface area contributed by atoms with Crippen molar-refractivity contribution in [3.8, 4) is 17.0 Å². The summed E-state index contributed by atoms with van der Waals surface area (Å²) in [6, 6.07) is 9.48. The molecule has 132 valence electrons. The zero-order valence-corrected chi connectivity index (χ0v) is 15.6. The Morgan fingerprint density at radius 2 is 2.12 bits per heavy atom. The summed E-state index contributed by atoms with van der Waals surface area (Å²) >= 11 is 1.33. The second-order valence-corrected chi connectivity index (χ2v) is 7.79. The van der Waals surface area contributed by atoms with Crippen molar-refractivity contribution in [3.63, 3.8) is 0 Å². The van der Waals surface area contributed by atoms with Crippen LogP contribution < -0.4 is 9.31 Å². The highest BCUT2D eigenvalue weighted by Gasteiger charge is 2.44. The molecule has 25 heavy (non-hydrogen) atoms. The van der Waals surface area contributed by atoms with Crippen LogP contribution in [0.25, 0.3) is 11.1 Å². The molecule has 0 radical (unpaired) electrons. The van der Waals surface area contributed by atoms with Gasteiger partial charge in [0.1, 0.15) is 0 Å². The monoisotopic (exact) mass is 356 g/mol. The van der Waals surface area contributed by atoms with Gasteiger partial charge in [0, 0.05) is 6.42 Å². The number of aromatic nitrogens is 1. The fourth-order valence-corrected chi connectivity index (χ4v) is 5.31. The van der Waals surface area contributed by atoms with Gasteiger partial charge in [-0.25, -0.2) is 0 Å². The van der Waals surface area contributed by atoms with E-state index in [4.69, 9.17) is 0 Å². The molecule has 0 bridgehead atoms. The Hall–Kier alpha value is -1.94. The fraction of sp³-hybridized carbons (Fsp3) is 0.429. The summed E-state index contributed by atoms with van der Waals surface area (Å²) in [6.45, 7) is 6.79. The smallest absolute Gasteiger partial charge is 0.379 e. The van der Waals surface area contributed by atoms with Crippen molar-refractivity contribution < 1.29 is 9.67 Å². The van der Waals surface area contributed by atoms with Gasteiger partial charge >= 0.3 is 5.88 Å². The number of benzene rings is 1. The number of rotatable bonds is 6. The Bertz CT molecular complexity index is 813. The summed E-state index contributed by atoms with van der Waals surface area (Å²) in [5, 5.41) is 12.0. The Morgan fingerprint density at radius 1 is 1.36 bits per heavy atom. The van der Waals surface area contributed by atoms with Gasteiger partial charge in [0.25, 0.3) is 4.74 Å². The highest BCUT2D eigenvalue weighted by Crippen LogP contribution is 2.41. The Balaban J connectivity index is 2.12. The van der Waals surface area contributed by atoms with E-state index in [0.717, 1.165) is 55.6 Å². The van der Waals surface area contributed by atoms with Crippen LogP contribution in [-0.4, -0.2) is 5.11 Å². The van der Waals surface area contributed by atoms with E-state index in [-0.39, 0.29) is 16.0 Å². The van der Waals surface area contributed by atoms with Crippen LogP contribution in [0, 0.1) is 0 Å². The van der Waals surface area contributed by atoms with Crippen LogP contribution in [0.5, 0.6) is 5.88 Å². The highest BCUT2D eigenvalue weighted by atomic mass is 32.1. The van der Waals surface area contributed by atoms with Crippen LogP contribution in [-0.2, 0) is 12.0 Å². The lowest BCUT2D eigenvalue weighted by Crippen LogP contribution is -2.50. The molecule has 4 heteroatoms. The second-order valence-electron chi connectivity index (χ2n) is 6.83. The van der Waals surface area contributed by atoms with Gasteiger partial charge in [0.2, 0.25) is 5.01 Å². The lowest BCUT2D eigenvalue weighted by molar-refractivity contribution is -0.715. The summed E-state index contributed by atoms with van der Waals surface area (Å²) in [5.74, 6) is 0.131. The van der Waals surface area contributed by atoms with Crippen molar-refractivity contribution >= 4 is 11.3 Å². The molecule has 3 nitrogen and oxygen atoms in total. The quantitative estimate of drug-likeness (QED) is 0.468. The van der Waals surface area contributed by atoms with E-state index in [1.807, 2.05) is 41.0 Å². The molecule has 1 unspecified atom stereocenters. The van der Waals surface area contributed by atoms with Crippen LogP contribution in [0.4, 0.5) is 0 Å². The molecule has 2 aromatic rings. The molecule has 1 aliphatic rings. The maximum Gasteiger partial charge on any atom is 0.379 e. The van der Waals surface area contributed by atoms with Gasteiger partial charge in [-0.1, -0.05) is 43.3 Å². The first-order chi connectivity index (χ1) is 12.1. The van der Waals surface area contributed by atoms with Gasteiger partial charge in [-0.3, -0.25) is 4.79 Å². The van der Waals surface area contributed by atoms with Crippen molar-refractivity contribution in [1.29, 1.82) is 0 Å². The third-order valence-corrected chi connectivity index (χ3v) is 6.65. The average Bonchev–Trinajstić information content (AvgIpc) is 2.63. The number of aromatic hydroxyl groups is 1. The van der Waals surface area contributed by atoms with Crippen molar-refractivity contribution in [2.24, 2.45) is 0 Å². The van der Waals surface area contributed by atoms with Crippen LogP contribution in [0.1, 0.15) is 50.5 Å². The molecule has 3 rings (SSSR count). The van der Waals surface area contributed by atoms with Crippen molar-refractivity contribution in [2.75, 3.05) is 0 Å². The first kappa shape index (κ1) is 17.9. The van der Waals surface area contributed by atoms with E-state index < -0.39 is 0 Å². The van der Waals surface area contributed by atoms with Gasteiger partial charge in [-0.15, -0.1) is 6.58 Å². The minimum Gasteiger partial charge on any atom is -0.459 e. The summed E-state index contributed by atoms with van der Waals surface area (Å²) in [4.78, 5) is 12.9. The van der Waals surface area contributed by atoms with Crippen LogP contribution in [0.2, 0.25) is 0 Å². The third kappa shape index (κ3) is 3.28. The molecular formula is C21H26NO2S+. The SMILES string of the molecule is C=CCCCC1(CC)CCC[n+]2c1sc(=O)c(-c1ccccc1)c2O. The topological polar surface area (TPSA) is 41.2 Å². The van der Waals surface area contributed by atoms with E-state index in [1.165, 1.54) is 11.3 Å². The number of nitrogens with zero attached hydrogens (tertiary/aromatic N) is 1. The molecule has 1 aliphatic heterocycles. The predicted molar refractivity (Wildman–Crippen MR) is 103 cm³/mol. The van der Waals surface area contributed by atoms with Crippen LogP contribution >= 0.6 is 11.3 Å². The maximum absolute atomic E-state index is 12.9. The molecule has 1 aromatic heterocycles. The van der Waals surface area contributed by atoms with Gasteiger partial charge in [-0.2, -0.15) is 4.57 Å². The number of hydrogen-bond acceptors (Lipinski definition) is 3. The van der Waals surface area contributed by atoms with Crippen molar-refractivity contribution in [1.82, 2.24) is 0 Å². The number of hydrogen-bond donors (Lipinski definition) is 1. The molecule has 0 aliphatic carbocycles. The minimum absolute atomic E-state index is 0.00220. The fourth-order valence-electron chi connectivity index (χ4n) is 3.97. The number of unbranched alkanes of at least 4 members (excludes halogenated alkanes) is 1. The lowest BCUT2D eigenvalue weighted by Gasteiger charge is -2.33. The van der Waals surface area contributed by atoms with Gasteiger partial charge in [-0.05, 0) is 49.0 Å². The Morgan fingerprint density at radius 3 is 2.80 bits per heavy atom. The molecule has 1 atom stereocenters. The molecule has 0 spiro atoms. The van der Waals surface area contributed by atoms with Crippen molar-refractivity contribution in [2.45, 2.75) is 57.4 Å². The van der Waals surface area contributed by atoms with Gasteiger partial charge < -0.3 is 5.11 Å². The summed E-state index contributed by atoms with van der Waals surface area (Å²) in [6.07, 6.45) is 8.16. The second kappa shape index (κ2) is 7.52. The largest absolute Gasteiger partial charge is 0.459 e. The predicted octanol–water partition coefficient (Wildman–Crippen LogP) is 4.57. The number of allylic oxidation sites excluding steroid dienone is 1. The first-order valence-corrected chi connectivity index (χ1v) is 9.91. The standard InChI is InChI=1S/C21H25NO2S/c1-3-5-9-13-21(4-2)14-10-15-22-18(23)17(19(24)25-20(21)22)16-11-7-6-8-12-16/h3,6-8,11-12H,1,4-5,9-10,13-15H2,2H3/p+1. The zero-order valence-electron chi connectivity index (χ0n) is 14.8. The third-order valence-electron chi connectivity index (χ3n) is 5.41. The number of fused-ring (bicyclic) bond motifs is 1.